The van der Waals surface area contributed by atoms with E-state index in [0.29, 0.717) is 19.7 Å². The second-order valence-corrected chi connectivity index (χ2v) is 9.38. The number of benzene rings is 1. The summed E-state index contributed by atoms with van der Waals surface area (Å²) in [5.41, 5.74) is 2.15. The van der Waals surface area contributed by atoms with E-state index in [-0.39, 0.29) is 5.92 Å². The zero-order valence-electron chi connectivity index (χ0n) is 20.0. The molecule has 0 radical (unpaired) electrons. The SMILES string of the molecule is FC(F)(F)c1ccc(CNC2=NCC(Cc3c[nH]c4ncc(OCCN5CCCC5)cc34)C=C2)cc1. The van der Waals surface area contributed by atoms with Crippen LogP contribution in [0.4, 0.5) is 13.2 Å². The average Bonchev–Trinajstić information content (AvgIpc) is 3.54. The number of nitrogens with one attached hydrogen (secondary N) is 2. The van der Waals surface area contributed by atoms with Crippen molar-refractivity contribution in [2.24, 2.45) is 10.9 Å². The van der Waals surface area contributed by atoms with Crippen LogP contribution >= 0.6 is 0 Å². The normalized spacial score (nSPS) is 18.5. The lowest BCUT2D eigenvalue weighted by atomic mass is 9.97. The number of aromatic nitrogens is 2. The van der Waals surface area contributed by atoms with Crippen LogP contribution in [-0.4, -0.2) is 53.5 Å². The molecule has 1 fully saturated rings. The van der Waals surface area contributed by atoms with Gasteiger partial charge >= 0.3 is 6.18 Å². The third kappa shape index (κ3) is 6.07. The van der Waals surface area contributed by atoms with E-state index < -0.39 is 11.7 Å². The zero-order chi connectivity index (χ0) is 25.0. The van der Waals surface area contributed by atoms with Crippen molar-refractivity contribution in [3.8, 4) is 5.75 Å². The van der Waals surface area contributed by atoms with Crippen molar-refractivity contribution >= 4 is 16.9 Å². The van der Waals surface area contributed by atoms with Gasteiger partial charge in [-0.3, -0.25) is 9.89 Å². The maximum atomic E-state index is 12.7. The number of H-pyrrole nitrogens is 1. The molecule has 2 aromatic heterocycles. The zero-order valence-corrected chi connectivity index (χ0v) is 20.0. The van der Waals surface area contributed by atoms with E-state index in [0.717, 1.165) is 66.4 Å². The van der Waals surface area contributed by atoms with E-state index in [2.05, 4.69) is 37.3 Å². The lowest BCUT2D eigenvalue weighted by molar-refractivity contribution is -0.137. The van der Waals surface area contributed by atoms with Gasteiger partial charge in [0, 0.05) is 37.1 Å². The molecule has 6 nitrogen and oxygen atoms in total. The number of aliphatic imine (C=N–C) groups is 1. The van der Waals surface area contributed by atoms with E-state index in [1.807, 2.05) is 12.3 Å². The fourth-order valence-electron chi connectivity index (χ4n) is 4.68. The van der Waals surface area contributed by atoms with E-state index in [4.69, 9.17) is 4.74 Å². The van der Waals surface area contributed by atoms with Crippen molar-refractivity contribution in [3.63, 3.8) is 0 Å². The second-order valence-electron chi connectivity index (χ2n) is 9.38. The Morgan fingerprint density at radius 2 is 1.94 bits per heavy atom. The number of hydrogen-bond donors (Lipinski definition) is 2. The van der Waals surface area contributed by atoms with Crippen LogP contribution in [0.25, 0.3) is 11.0 Å². The van der Waals surface area contributed by atoms with Crippen LogP contribution in [-0.2, 0) is 19.1 Å². The number of nitrogens with zero attached hydrogens (tertiary/aromatic N) is 3. The minimum Gasteiger partial charge on any atom is -0.491 e. The highest BCUT2D eigenvalue weighted by atomic mass is 19.4. The molecule has 5 rings (SSSR count). The average molecular weight is 498 g/mol. The summed E-state index contributed by atoms with van der Waals surface area (Å²) in [5.74, 6) is 1.77. The van der Waals surface area contributed by atoms with Gasteiger partial charge in [0.15, 0.2) is 0 Å². The predicted molar refractivity (Wildman–Crippen MR) is 134 cm³/mol. The minimum atomic E-state index is -4.32. The Morgan fingerprint density at radius 1 is 1.14 bits per heavy atom. The maximum absolute atomic E-state index is 12.7. The van der Waals surface area contributed by atoms with Gasteiger partial charge in [0.2, 0.25) is 0 Å². The molecule has 2 aliphatic heterocycles. The summed E-state index contributed by atoms with van der Waals surface area (Å²) in [6, 6.07) is 7.24. The molecule has 0 amide bonds. The number of ether oxygens (including phenoxy) is 1. The van der Waals surface area contributed by atoms with Crippen molar-refractivity contribution in [3.05, 3.63) is 71.6 Å². The number of likely N-dealkylation sites (tertiary alicyclic amines) is 1. The van der Waals surface area contributed by atoms with Gasteiger partial charge in [0.25, 0.3) is 0 Å². The number of alkyl halides is 3. The van der Waals surface area contributed by atoms with Crippen LogP contribution in [0.1, 0.15) is 29.5 Å². The maximum Gasteiger partial charge on any atom is 0.416 e. The van der Waals surface area contributed by atoms with E-state index in [1.165, 1.54) is 30.5 Å². The van der Waals surface area contributed by atoms with Gasteiger partial charge in [-0.2, -0.15) is 13.2 Å². The molecular weight excluding hydrogens is 467 g/mol. The number of hydrogen-bond acceptors (Lipinski definition) is 5. The number of amidine groups is 1. The molecule has 9 heteroatoms. The second kappa shape index (κ2) is 10.7. The van der Waals surface area contributed by atoms with E-state index in [9.17, 15) is 13.2 Å². The standard InChI is InChI=1S/C27H30F3N5O/c28-27(29,30)22-6-3-19(4-7-22)15-31-25-8-5-20(16-32-25)13-21-17-33-26-24(21)14-23(18-34-26)36-12-11-35-9-1-2-10-35/h3-8,14,17-18,20H,1-2,9-13,15-16H2,(H,31,32)(H,33,34). The first kappa shape index (κ1) is 24.4. The fourth-order valence-corrected chi connectivity index (χ4v) is 4.68. The molecule has 0 saturated carbocycles. The largest absolute Gasteiger partial charge is 0.491 e. The Balaban J connectivity index is 1.12. The lowest BCUT2D eigenvalue weighted by Crippen LogP contribution is -2.25. The summed E-state index contributed by atoms with van der Waals surface area (Å²) < 4.78 is 44.1. The molecule has 190 valence electrons. The first-order chi connectivity index (χ1) is 17.4. The number of aromatic amines is 1. The van der Waals surface area contributed by atoms with Gasteiger partial charge in [0.1, 0.15) is 23.8 Å². The van der Waals surface area contributed by atoms with Gasteiger partial charge < -0.3 is 15.0 Å². The summed E-state index contributed by atoms with van der Waals surface area (Å²) in [7, 11) is 0. The van der Waals surface area contributed by atoms with E-state index >= 15 is 0 Å². The molecule has 4 heterocycles. The lowest BCUT2D eigenvalue weighted by Gasteiger charge is -2.17. The van der Waals surface area contributed by atoms with Crippen LogP contribution in [0.5, 0.6) is 5.75 Å². The van der Waals surface area contributed by atoms with Crippen molar-refractivity contribution in [1.82, 2.24) is 20.2 Å². The number of pyridine rings is 1. The highest BCUT2D eigenvalue weighted by Crippen LogP contribution is 2.29. The van der Waals surface area contributed by atoms with Crippen LogP contribution in [0.2, 0.25) is 0 Å². The molecule has 1 unspecified atom stereocenters. The summed E-state index contributed by atoms with van der Waals surface area (Å²) in [6.07, 6.45) is 6.90. The molecular formula is C27H30F3N5O. The van der Waals surface area contributed by atoms with Gasteiger partial charge in [-0.1, -0.05) is 18.2 Å². The number of halogens is 3. The molecule has 2 N–H and O–H groups in total. The van der Waals surface area contributed by atoms with Crippen LogP contribution in [0.3, 0.4) is 0 Å². The fraction of sp³-hybridized carbons (Fsp3) is 0.407. The predicted octanol–water partition coefficient (Wildman–Crippen LogP) is 4.97. The summed E-state index contributed by atoms with van der Waals surface area (Å²) in [6.45, 7) is 4.98. The summed E-state index contributed by atoms with van der Waals surface area (Å²) >= 11 is 0. The summed E-state index contributed by atoms with van der Waals surface area (Å²) in [5, 5.41) is 4.27. The highest BCUT2D eigenvalue weighted by Gasteiger charge is 2.29. The quantitative estimate of drug-likeness (QED) is 0.461. The molecule has 1 saturated heterocycles. The molecule has 0 bridgehead atoms. The van der Waals surface area contributed by atoms with Crippen molar-refractivity contribution < 1.29 is 17.9 Å². The number of rotatable bonds is 8. The van der Waals surface area contributed by atoms with Crippen LogP contribution in [0.15, 0.2) is 59.9 Å². The van der Waals surface area contributed by atoms with E-state index in [1.54, 1.807) is 6.20 Å². The topological polar surface area (TPSA) is 65.5 Å². The molecule has 1 aromatic carbocycles. The van der Waals surface area contributed by atoms with Crippen molar-refractivity contribution in [2.75, 3.05) is 32.8 Å². The van der Waals surface area contributed by atoms with Gasteiger partial charge in [-0.15, -0.1) is 0 Å². The van der Waals surface area contributed by atoms with Crippen molar-refractivity contribution in [2.45, 2.75) is 32.0 Å². The smallest absolute Gasteiger partial charge is 0.416 e. The number of dihydropyridines is 1. The Morgan fingerprint density at radius 3 is 2.67 bits per heavy atom. The van der Waals surface area contributed by atoms with Gasteiger partial charge in [0.05, 0.1) is 11.8 Å². The minimum absolute atomic E-state index is 0.250. The monoisotopic (exact) mass is 497 g/mol. The van der Waals surface area contributed by atoms with Crippen molar-refractivity contribution in [1.29, 1.82) is 0 Å². The van der Waals surface area contributed by atoms with Crippen LogP contribution < -0.4 is 10.1 Å². The van der Waals surface area contributed by atoms with Gasteiger partial charge in [-0.25, -0.2) is 4.98 Å². The van der Waals surface area contributed by atoms with Gasteiger partial charge in [-0.05, 0) is 67.8 Å². The Kier molecular flexibility index (Phi) is 7.27. The Labute approximate surface area is 208 Å². The first-order valence-electron chi connectivity index (χ1n) is 12.4. The third-order valence-electron chi connectivity index (χ3n) is 6.73. The molecule has 0 spiro atoms. The Bertz CT molecular complexity index is 1230. The number of fused-ring (bicyclic) bond motifs is 1. The van der Waals surface area contributed by atoms with Crippen LogP contribution in [0, 0.1) is 5.92 Å². The third-order valence-corrected chi connectivity index (χ3v) is 6.73. The molecule has 2 aliphatic rings. The molecule has 36 heavy (non-hydrogen) atoms. The molecule has 0 aliphatic carbocycles. The first-order valence-corrected chi connectivity index (χ1v) is 12.4. The molecule has 1 atom stereocenters. The molecule has 3 aromatic rings. The highest BCUT2D eigenvalue weighted by molar-refractivity contribution is 5.93. The summed E-state index contributed by atoms with van der Waals surface area (Å²) in [4.78, 5) is 14.8. The Hall–Kier alpha value is -3.33.